The molecule has 4 nitrogen and oxygen atoms in total. The minimum atomic E-state index is -2.23. The molecule has 0 amide bonds. The molecule has 5 heteroatoms. The molecule has 10 heavy (non-hydrogen) atoms. The molecule has 0 saturated heterocycles. The van der Waals surface area contributed by atoms with E-state index in [-0.39, 0.29) is 0 Å². The van der Waals surface area contributed by atoms with Gasteiger partial charge in [0, 0.05) is 13.8 Å². The van der Waals surface area contributed by atoms with Crippen molar-refractivity contribution < 1.29 is 23.8 Å². The Hall–Kier alpha value is -1.13. The van der Waals surface area contributed by atoms with Gasteiger partial charge < -0.3 is 9.84 Å². The Morgan fingerprint density at radius 3 is 2.00 bits per heavy atom. The molecule has 58 valence electrons. The number of carbonyl (C=O) groups is 2. The average Bonchev–Trinajstić information content (AvgIpc) is 1.60. The summed E-state index contributed by atoms with van der Waals surface area (Å²) in [6.45, 7) is 1.88. The van der Waals surface area contributed by atoms with Gasteiger partial charge in [-0.3, -0.25) is 0 Å². The molecular weight excluding hydrogens is 143 g/mol. The van der Waals surface area contributed by atoms with Gasteiger partial charge in [-0.2, -0.15) is 4.39 Å². The van der Waals surface area contributed by atoms with Crippen molar-refractivity contribution in [1.82, 2.24) is 0 Å². The van der Waals surface area contributed by atoms with E-state index in [0.29, 0.717) is 0 Å². The first-order chi connectivity index (χ1) is 4.33. The fourth-order valence-corrected chi connectivity index (χ4v) is 0.264. The van der Waals surface area contributed by atoms with Crippen LogP contribution >= 0.6 is 0 Å². The Morgan fingerprint density at radius 2 is 1.90 bits per heavy atom. The number of hydrogen-bond acceptors (Lipinski definition) is 3. The summed E-state index contributed by atoms with van der Waals surface area (Å²) in [5, 5.41) is 7.90. The third-order valence-corrected chi connectivity index (χ3v) is 0.510. The standard InChI is InChI=1S/C5H7FO4/c1-5(2,6)10-4(9)3(7)8/h1-2H3,(H,7,8). The van der Waals surface area contributed by atoms with Gasteiger partial charge in [-0.25, -0.2) is 9.59 Å². The highest BCUT2D eigenvalue weighted by atomic mass is 19.2. The predicted molar refractivity (Wildman–Crippen MR) is 28.9 cm³/mol. The van der Waals surface area contributed by atoms with E-state index in [1.165, 1.54) is 0 Å². The van der Waals surface area contributed by atoms with Crippen molar-refractivity contribution in [2.24, 2.45) is 0 Å². The van der Waals surface area contributed by atoms with Gasteiger partial charge in [0.1, 0.15) is 0 Å². The van der Waals surface area contributed by atoms with Crippen LogP contribution in [0.1, 0.15) is 13.8 Å². The largest absolute Gasteiger partial charge is 0.473 e. The summed E-state index contributed by atoms with van der Waals surface area (Å²) in [7, 11) is 0. The third kappa shape index (κ3) is 3.82. The molecule has 0 rings (SSSR count). The van der Waals surface area contributed by atoms with Crippen LogP contribution in [0.3, 0.4) is 0 Å². The number of ether oxygens (including phenoxy) is 1. The molecule has 1 N–H and O–H groups in total. The van der Waals surface area contributed by atoms with Crippen LogP contribution in [0.25, 0.3) is 0 Å². The van der Waals surface area contributed by atoms with E-state index in [1.54, 1.807) is 0 Å². The van der Waals surface area contributed by atoms with Crippen molar-refractivity contribution in [2.45, 2.75) is 19.7 Å². The van der Waals surface area contributed by atoms with E-state index in [2.05, 4.69) is 4.74 Å². The summed E-state index contributed by atoms with van der Waals surface area (Å²) < 4.78 is 16.1. The van der Waals surface area contributed by atoms with E-state index < -0.39 is 17.8 Å². The summed E-state index contributed by atoms with van der Waals surface area (Å²) in [4.78, 5) is 19.8. The Balaban J connectivity index is 3.93. The van der Waals surface area contributed by atoms with E-state index >= 15 is 0 Å². The molecule has 0 aliphatic carbocycles. The molecule has 0 bridgehead atoms. The van der Waals surface area contributed by atoms with Gasteiger partial charge in [-0.05, 0) is 0 Å². The lowest BCUT2D eigenvalue weighted by Crippen LogP contribution is -2.27. The molecule has 0 aromatic heterocycles. The van der Waals surface area contributed by atoms with Crippen LogP contribution < -0.4 is 0 Å². The van der Waals surface area contributed by atoms with Gasteiger partial charge >= 0.3 is 11.9 Å². The normalized spacial score (nSPS) is 10.7. The number of carboxylic acid groups (broad SMARTS) is 1. The summed E-state index contributed by atoms with van der Waals surface area (Å²) in [5.74, 6) is -5.62. The van der Waals surface area contributed by atoms with Gasteiger partial charge in [0.25, 0.3) is 0 Å². The number of hydrogen-bond donors (Lipinski definition) is 1. The predicted octanol–water partition coefficient (Wildman–Crippen LogP) is 0.320. The minimum absolute atomic E-state index is 0.938. The van der Waals surface area contributed by atoms with Crippen LogP contribution in [0.4, 0.5) is 4.39 Å². The van der Waals surface area contributed by atoms with Crippen molar-refractivity contribution in [2.75, 3.05) is 0 Å². The zero-order chi connectivity index (χ0) is 8.36. The molecule has 0 aliphatic rings. The number of carboxylic acids is 1. The molecule has 0 spiro atoms. The zero-order valence-corrected chi connectivity index (χ0v) is 5.55. The Kier molecular flexibility index (Phi) is 2.34. The van der Waals surface area contributed by atoms with Crippen molar-refractivity contribution in [3.05, 3.63) is 0 Å². The quantitative estimate of drug-likeness (QED) is 0.432. The molecule has 0 aromatic rings. The number of rotatable bonds is 1. The lowest BCUT2D eigenvalue weighted by molar-refractivity contribution is -0.184. The Labute approximate surface area is 56.6 Å². The first kappa shape index (κ1) is 8.87. The van der Waals surface area contributed by atoms with Crippen LogP contribution in [0.5, 0.6) is 0 Å². The molecule has 0 atom stereocenters. The number of esters is 1. The number of carbonyl (C=O) groups excluding carboxylic acids is 1. The first-order valence-corrected chi connectivity index (χ1v) is 2.48. The molecular formula is C5H7FO4. The number of aliphatic carboxylic acids is 1. The second kappa shape index (κ2) is 2.64. The van der Waals surface area contributed by atoms with E-state index in [9.17, 15) is 14.0 Å². The van der Waals surface area contributed by atoms with E-state index in [0.717, 1.165) is 13.8 Å². The van der Waals surface area contributed by atoms with Crippen LogP contribution in [0.15, 0.2) is 0 Å². The first-order valence-electron chi connectivity index (χ1n) is 2.48. The molecule has 0 unspecified atom stereocenters. The van der Waals surface area contributed by atoms with Gasteiger partial charge in [0.05, 0.1) is 0 Å². The Morgan fingerprint density at radius 1 is 1.50 bits per heavy atom. The zero-order valence-electron chi connectivity index (χ0n) is 5.55. The molecule has 0 aliphatic heterocycles. The van der Waals surface area contributed by atoms with Crippen LogP contribution in [-0.4, -0.2) is 22.9 Å². The topological polar surface area (TPSA) is 63.6 Å². The fourth-order valence-electron chi connectivity index (χ4n) is 0.264. The van der Waals surface area contributed by atoms with Gasteiger partial charge in [-0.1, -0.05) is 0 Å². The van der Waals surface area contributed by atoms with Gasteiger partial charge in [-0.15, -0.1) is 0 Å². The highest BCUT2D eigenvalue weighted by molar-refractivity contribution is 6.28. The lowest BCUT2D eigenvalue weighted by Gasteiger charge is -2.12. The van der Waals surface area contributed by atoms with Gasteiger partial charge in [0.2, 0.25) is 5.85 Å². The maximum absolute atomic E-state index is 12.3. The van der Waals surface area contributed by atoms with Crippen molar-refractivity contribution >= 4 is 11.9 Å². The minimum Gasteiger partial charge on any atom is -0.473 e. The van der Waals surface area contributed by atoms with E-state index in [4.69, 9.17) is 5.11 Å². The highest BCUT2D eigenvalue weighted by Crippen LogP contribution is 2.09. The van der Waals surface area contributed by atoms with Crippen molar-refractivity contribution in [3.8, 4) is 0 Å². The Bertz CT molecular complexity index is 158. The molecule has 0 heterocycles. The molecule has 0 saturated carbocycles. The average molecular weight is 150 g/mol. The molecule has 0 aromatic carbocycles. The van der Waals surface area contributed by atoms with Crippen LogP contribution in [0.2, 0.25) is 0 Å². The van der Waals surface area contributed by atoms with Crippen LogP contribution in [0, 0.1) is 0 Å². The number of halogens is 1. The second-order valence-electron chi connectivity index (χ2n) is 2.06. The maximum atomic E-state index is 12.3. The van der Waals surface area contributed by atoms with Crippen molar-refractivity contribution in [3.63, 3.8) is 0 Å². The summed E-state index contributed by atoms with van der Waals surface area (Å²) in [6.07, 6.45) is 0. The second-order valence-corrected chi connectivity index (χ2v) is 2.06. The summed E-state index contributed by atoms with van der Waals surface area (Å²) in [5.41, 5.74) is 0. The SMILES string of the molecule is CC(C)(F)OC(=O)C(=O)O. The molecule has 0 radical (unpaired) electrons. The van der Waals surface area contributed by atoms with E-state index in [1.807, 2.05) is 0 Å². The lowest BCUT2D eigenvalue weighted by atomic mass is 10.4. The van der Waals surface area contributed by atoms with Crippen LogP contribution in [-0.2, 0) is 14.3 Å². The molecule has 0 fully saturated rings. The maximum Gasteiger partial charge on any atom is 0.419 e. The monoisotopic (exact) mass is 150 g/mol. The highest BCUT2D eigenvalue weighted by Gasteiger charge is 2.25. The summed E-state index contributed by atoms with van der Waals surface area (Å²) in [6, 6.07) is 0. The van der Waals surface area contributed by atoms with Crippen molar-refractivity contribution in [1.29, 1.82) is 0 Å². The third-order valence-electron chi connectivity index (χ3n) is 0.510. The smallest absolute Gasteiger partial charge is 0.419 e. The van der Waals surface area contributed by atoms with Gasteiger partial charge in [0.15, 0.2) is 0 Å². The summed E-state index contributed by atoms with van der Waals surface area (Å²) >= 11 is 0. The number of alkyl halides is 1. The fraction of sp³-hybridized carbons (Fsp3) is 0.600.